The van der Waals surface area contributed by atoms with E-state index in [0.29, 0.717) is 19.3 Å². The summed E-state index contributed by atoms with van der Waals surface area (Å²) in [5.41, 5.74) is 11.2. The predicted octanol–water partition coefficient (Wildman–Crippen LogP) is 1.35. The van der Waals surface area contributed by atoms with Crippen molar-refractivity contribution >= 4 is 29.1 Å². The van der Waals surface area contributed by atoms with Crippen molar-refractivity contribution in [2.45, 2.75) is 76.9 Å². The summed E-state index contributed by atoms with van der Waals surface area (Å²) in [5, 5.41) is 0. The van der Waals surface area contributed by atoms with Crippen LogP contribution in [0.25, 0.3) is 11.2 Å². The van der Waals surface area contributed by atoms with Crippen molar-refractivity contribution < 1.29 is 28.2 Å². The predicted molar refractivity (Wildman–Crippen MR) is 124 cm³/mol. The number of hydrogen-bond donors (Lipinski definition) is 3. The molecule has 2 aromatic rings. The van der Waals surface area contributed by atoms with Gasteiger partial charge in [0, 0.05) is 12.8 Å². The number of carbonyl (C=O) groups is 2. The molecule has 5 N–H and O–H groups in total. The molecule has 1 unspecified atom stereocenters. The molecule has 1 fully saturated rings. The number of imidazole rings is 1. The first-order valence-electron chi connectivity index (χ1n) is 11.8. The van der Waals surface area contributed by atoms with Crippen LogP contribution in [0, 0.1) is 5.92 Å². The average Bonchev–Trinajstić information content (AvgIpc) is 3.41. The number of aromatic nitrogens is 4. The third-order valence-electron chi connectivity index (χ3n) is 6.13. The molecular formula is C22H33FN6O6. The first-order chi connectivity index (χ1) is 16.7. The maximum atomic E-state index is 14.5. The first kappa shape index (κ1) is 26.5. The van der Waals surface area contributed by atoms with Gasteiger partial charge in [-0.1, -0.05) is 20.3 Å². The van der Waals surface area contributed by atoms with Crippen molar-refractivity contribution in [1.29, 1.82) is 0 Å². The van der Waals surface area contributed by atoms with Gasteiger partial charge in [0.25, 0.3) is 5.56 Å². The van der Waals surface area contributed by atoms with Crippen molar-refractivity contribution in [3.63, 3.8) is 0 Å². The Labute approximate surface area is 201 Å². The van der Waals surface area contributed by atoms with Gasteiger partial charge in [-0.15, -0.1) is 0 Å². The van der Waals surface area contributed by atoms with Crippen LogP contribution >= 0.6 is 0 Å². The fourth-order valence-corrected chi connectivity index (χ4v) is 3.71. The van der Waals surface area contributed by atoms with E-state index in [9.17, 15) is 18.8 Å². The fourth-order valence-electron chi connectivity index (χ4n) is 3.71. The van der Waals surface area contributed by atoms with Gasteiger partial charge in [-0.25, -0.2) is 9.37 Å². The summed E-state index contributed by atoms with van der Waals surface area (Å²) in [6.45, 7) is 3.87. The Morgan fingerprint density at radius 3 is 2.86 bits per heavy atom. The molecule has 0 saturated carbocycles. The van der Waals surface area contributed by atoms with Crippen LogP contribution in [0.15, 0.2) is 11.1 Å². The van der Waals surface area contributed by atoms with Gasteiger partial charge in [-0.3, -0.25) is 23.9 Å². The number of aromatic amines is 1. The lowest BCUT2D eigenvalue weighted by atomic mass is 10.0. The summed E-state index contributed by atoms with van der Waals surface area (Å²) in [7, 11) is 0. The van der Waals surface area contributed by atoms with Crippen molar-refractivity contribution in [2.24, 2.45) is 11.7 Å². The number of esters is 2. The molecule has 5 atom stereocenters. The van der Waals surface area contributed by atoms with Gasteiger partial charge in [0.05, 0.1) is 12.9 Å². The van der Waals surface area contributed by atoms with E-state index in [0.717, 1.165) is 6.42 Å². The number of ether oxygens (including phenoxy) is 3. The number of nitrogen functional groups attached to an aromatic ring is 1. The Bertz CT molecular complexity index is 1070. The van der Waals surface area contributed by atoms with E-state index in [4.69, 9.17) is 25.7 Å². The summed E-state index contributed by atoms with van der Waals surface area (Å²) in [4.78, 5) is 46.2. The smallest absolute Gasteiger partial charge is 0.323 e. The second kappa shape index (κ2) is 12.1. The van der Waals surface area contributed by atoms with Crippen LogP contribution < -0.4 is 17.0 Å². The van der Waals surface area contributed by atoms with E-state index < -0.39 is 42.0 Å². The molecular weight excluding hydrogens is 463 g/mol. The normalized spacial score (nSPS) is 21.7. The number of alkyl halides is 1. The number of carbonyl (C=O) groups excluding carboxylic acids is 2. The van der Waals surface area contributed by atoms with Crippen LogP contribution in [0.1, 0.15) is 58.6 Å². The largest absolute Gasteiger partial charge is 0.465 e. The van der Waals surface area contributed by atoms with Gasteiger partial charge in [0.2, 0.25) is 5.95 Å². The van der Waals surface area contributed by atoms with Crippen molar-refractivity contribution in [1.82, 2.24) is 19.5 Å². The molecule has 2 aromatic heterocycles. The van der Waals surface area contributed by atoms with Gasteiger partial charge in [0.15, 0.2) is 11.2 Å². The van der Waals surface area contributed by atoms with Crippen LogP contribution in [-0.4, -0.2) is 63.0 Å². The highest BCUT2D eigenvalue weighted by atomic mass is 19.1. The molecule has 3 heterocycles. The summed E-state index contributed by atoms with van der Waals surface area (Å²) < 4.78 is 32.0. The zero-order chi connectivity index (χ0) is 25.5. The molecule has 1 aliphatic heterocycles. The molecule has 12 nitrogen and oxygen atoms in total. The molecule has 13 heteroatoms. The van der Waals surface area contributed by atoms with Crippen LogP contribution in [0.3, 0.4) is 0 Å². The lowest BCUT2D eigenvalue weighted by molar-refractivity contribution is -0.150. The number of H-pyrrole nitrogens is 1. The van der Waals surface area contributed by atoms with Gasteiger partial charge < -0.3 is 25.7 Å². The highest BCUT2D eigenvalue weighted by Gasteiger charge is 2.38. The Morgan fingerprint density at radius 1 is 1.34 bits per heavy atom. The highest BCUT2D eigenvalue weighted by Crippen LogP contribution is 2.32. The number of rotatable bonds is 12. The number of nitrogens with one attached hydrogen (secondary N) is 1. The average molecular weight is 497 g/mol. The molecule has 1 saturated heterocycles. The number of unbranched alkanes of at least 4 members (excludes halogenated alkanes) is 2. The molecule has 0 aromatic carbocycles. The van der Waals surface area contributed by atoms with Crippen LogP contribution in [0.4, 0.5) is 10.3 Å². The summed E-state index contributed by atoms with van der Waals surface area (Å²) in [6.07, 6.45) is 1.01. The summed E-state index contributed by atoms with van der Waals surface area (Å²) in [5.74, 6) is -0.907. The van der Waals surface area contributed by atoms with Gasteiger partial charge in [-0.05, 0) is 25.2 Å². The molecule has 35 heavy (non-hydrogen) atoms. The molecule has 0 radical (unpaired) electrons. The monoisotopic (exact) mass is 496 g/mol. The first-order valence-corrected chi connectivity index (χ1v) is 11.8. The van der Waals surface area contributed by atoms with Crippen LogP contribution in [0.2, 0.25) is 0 Å². The molecule has 0 bridgehead atoms. The van der Waals surface area contributed by atoms with E-state index in [1.165, 1.54) is 10.9 Å². The molecule has 0 aliphatic carbocycles. The van der Waals surface area contributed by atoms with E-state index in [1.807, 2.05) is 13.8 Å². The Balaban J connectivity index is 1.36. The number of fused-ring (bicyclic) bond motifs is 1. The molecule has 0 spiro atoms. The minimum absolute atomic E-state index is 0.0124. The third kappa shape index (κ3) is 6.75. The van der Waals surface area contributed by atoms with E-state index in [2.05, 4.69) is 15.0 Å². The van der Waals surface area contributed by atoms with Gasteiger partial charge >= 0.3 is 11.9 Å². The number of hydrogen-bond acceptors (Lipinski definition) is 10. The molecule has 1 aliphatic rings. The van der Waals surface area contributed by atoms with E-state index in [-0.39, 0.29) is 49.1 Å². The molecule has 0 amide bonds. The highest BCUT2D eigenvalue weighted by molar-refractivity contribution is 5.75. The minimum atomic E-state index is -1.37. The molecule has 3 rings (SSSR count). The number of halogens is 1. The van der Waals surface area contributed by atoms with Crippen LogP contribution in [0.5, 0.6) is 0 Å². The standard InChI is InChI=1S/C22H33FN6O6/c1-3-12(2)17(24)21(32)33-8-6-4-5-7-16(30)34-10-14-13(23)9-15(35-14)29-11-26-18-19(29)27-22(25)28-20(18)31/h11-15,17H,3-10,24H2,1-2H3,(H3,25,27,28,31)/t12-,13?,14+,15+,17-/m0/s1. The van der Waals surface area contributed by atoms with Crippen LogP contribution in [-0.2, 0) is 23.8 Å². The zero-order valence-corrected chi connectivity index (χ0v) is 19.9. The Hall–Kier alpha value is -3.06. The Morgan fingerprint density at radius 2 is 2.11 bits per heavy atom. The zero-order valence-electron chi connectivity index (χ0n) is 19.9. The topological polar surface area (TPSA) is 177 Å². The summed E-state index contributed by atoms with van der Waals surface area (Å²) in [6, 6.07) is -0.628. The van der Waals surface area contributed by atoms with Crippen molar-refractivity contribution in [2.75, 3.05) is 18.9 Å². The lowest BCUT2D eigenvalue weighted by Gasteiger charge is -2.16. The maximum absolute atomic E-state index is 14.5. The fraction of sp³-hybridized carbons (Fsp3) is 0.682. The SMILES string of the molecule is CC[C@H](C)[C@H](N)C(=O)OCCCCCC(=O)OC[C@H]1O[C@@H](n2cnc3c(=O)[nH]c(N)nc32)CC1F. The summed E-state index contributed by atoms with van der Waals surface area (Å²) >= 11 is 0. The lowest BCUT2D eigenvalue weighted by Crippen LogP contribution is -2.38. The van der Waals surface area contributed by atoms with Gasteiger partial charge in [-0.2, -0.15) is 4.98 Å². The maximum Gasteiger partial charge on any atom is 0.323 e. The second-order valence-corrected chi connectivity index (χ2v) is 8.73. The number of anilines is 1. The Kier molecular flexibility index (Phi) is 9.15. The van der Waals surface area contributed by atoms with E-state index >= 15 is 0 Å². The second-order valence-electron chi connectivity index (χ2n) is 8.73. The van der Waals surface area contributed by atoms with E-state index in [1.54, 1.807) is 0 Å². The minimum Gasteiger partial charge on any atom is -0.465 e. The third-order valence-corrected chi connectivity index (χ3v) is 6.13. The number of nitrogens with two attached hydrogens (primary N) is 2. The number of nitrogens with zero attached hydrogens (tertiary/aromatic N) is 3. The molecule has 194 valence electrons. The quantitative estimate of drug-likeness (QED) is 0.287. The van der Waals surface area contributed by atoms with Crippen molar-refractivity contribution in [3.05, 3.63) is 16.7 Å². The van der Waals surface area contributed by atoms with Gasteiger partial charge in [0.1, 0.15) is 31.2 Å². The van der Waals surface area contributed by atoms with Crippen molar-refractivity contribution in [3.8, 4) is 0 Å².